The minimum absolute atomic E-state index is 0.0370. The minimum atomic E-state index is -4.46. The molecule has 3 aromatic carbocycles. The number of amides is 1. The van der Waals surface area contributed by atoms with Crippen molar-refractivity contribution in [2.45, 2.75) is 6.18 Å². The molecule has 0 radical (unpaired) electrons. The van der Waals surface area contributed by atoms with Crippen LogP contribution in [0.5, 0.6) is 0 Å². The lowest BCUT2D eigenvalue weighted by atomic mass is 10.1. The Morgan fingerprint density at radius 3 is 2.36 bits per heavy atom. The van der Waals surface area contributed by atoms with E-state index >= 15 is 0 Å². The molecule has 1 heterocycles. The molecule has 4 aromatic rings. The van der Waals surface area contributed by atoms with Crippen LogP contribution in [0.2, 0.25) is 0 Å². The Morgan fingerprint density at radius 2 is 1.64 bits per heavy atom. The summed E-state index contributed by atoms with van der Waals surface area (Å²) < 4.78 is 39.6. The summed E-state index contributed by atoms with van der Waals surface area (Å²) in [4.78, 5) is 25.7. The summed E-state index contributed by atoms with van der Waals surface area (Å²) in [5.74, 6) is 4.69. The van der Waals surface area contributed by atoms with E-state index in [1.54, 1.807) is 54.6 Å². The van der Waals surface area contributed by atoms with Crippen molar-refractivity contribution in [2.75, 3.05) is 6.54 Å². The maximum Gasteiger partial charge on any atom is 0.416 e. The highest BCUT2D eigenvalue weighted by molar-refractivity contribution is 6.04. The Labute approximate surface area is 186 Å². The fourth-order valence-electron chi connectivity index (χ4n) is 3.23. The molecule has 1 N–H and O–H groups in total. The molecule has 33 heavy (non-hydrogen) atoms. The molecule has 0 aliphatic rings. The number of para-hydroxylation sites is 1. The number of aromatic nitrogens is 2. The first-order chi connectivity index (χ1) is 15.8. The molecular weight excluding hydrogens is 431 g/mol. The van der Waals surface area contributed by atoms with Crippen molar-refractivity contribution < 1.29 is 18.0 Å². The second kappa shape index (κ2) is 9.01. The number of hydrogen-bond donors (Lipinski definition) is 1. The van der Waals surface area contributed by atoms with Crippen molar-refractivity contribution in [3.05, 3.63) is 106 Å². The van der Waals surface area contributed by atoms with Gasteiger partial charge in [-0.15, -0.1) is 0 Å². The average molecular weight is 447 g/mol. The number of benzene rings is 3. The zero-order chi connectivity index (χ0) is 23.4. The van der Waals surface area contributed by atoms with Crippen molar-refractivity contribution in [3.63, 3.8) is 0 Å². The van der Waals surface area contributed by atoms with Gasteiger partial charge in [0.1, 0.15) is 0 Å². The van der Waals surface area contributed by atoms with Gasteiger partial charge in [0.25, 0.3) is 11.5 Å². The van der Waals surface area contributed by atoms with Gasteiger partial charge >= 0.3 is 6.18 Å². The number of carbonyl (C=O) groups is 1. The number of hydrogen-bond acceptors (Lipinski definition) is 3. The number of halogens is 3. The van der Waals surface area contributed by atoms with Gasteiger partial charge in [0.15, 0.2) is 5.69 Å². The van der Waals surface area contributed by atoms with Gasteiger partial charge < -0.3 is 5.32 Å². The van der Waals surface area contributed by atoms with Crippen molar-refractivity contribution in [1.82, 2.24) is 15.1 Å². The largest absolute Gasteiger partial charge is 0.416 e. The highest BCUT2D eigenvalue weighted by Gasteiger charge is 2.30. The minimum Gasteiger partial charge on any atom is -0.340 e. The van der Waals surface area contributed by atoms with Crippen LogP contribution >= 0.6 is 0 Å². The van der Waals surface area contributed by atoms with E-state index < -0.39 is 17.6 Å². The highest BCUT2D eigenvalue weighted by Crippen LogP contribution is 2.29. The Kier molecular flexibility index (Phi) is 5.96. The van der Waals surface area contributed by atoms with E-state index in [9.17, 15) is 22.8 Å². The first-order valence-electron chi connectivity index (χ1n) is 9.86. The van der Waals surface area contributed by atoms with Crippen LogP contribution in [0.15, 0.2) is 83.7 Å². The summed E-state index contributed by atoms with van der Waals surface area (Å²) in [5, 5.41) is 7.57. The Balaban J connectivity index is 1.60. The summed E-state index contributed by atoms with van der Waals surface area (Å²) >= 11 is 0. The van der Waals surface area contributed by atoms with Crippen molar-refractivity contribution in [3.8, 4) is 17.5 Å². The molecule has 0 unspecified atom stereocenters. The van der Waals surface area contributed by atoms with Crippen LogP contribution < -0.4 is 10.9 Å². The third kappa shape index (κ3) is 4.77. The third-order valence-electron chi connectivity index (χ3n) is 4.78. The lowest BCUT2D eigenvalue weighted by molar-refractivity contribution is -0.137. The molecule has 1 aromatic heterocycles. The zero-order valence-electron chi connectivity index (χ0n) is 17.1. The van der Waals surface area contributed by atoms with E-state index in [-0.39, 0.29) is 23.4 Å². The Bertz CT molecular complexity index is 1450. The summed E-state index contributed by atoms with van der Waals surface area (Å²) in [6.07, 6.45) is -4.46. The summed E-state index contributed by atoms with van der Waals surface area (Å²) in [5.41, 5.74) is -0.434. The molecule has 0 aliphatic carbocycles. The third-order valence-corrected chi connectivity index (χ3v) is 4.78. The van der Waals surface area contributed by atoms with Gasteiger partial charge in [0, 0.05) is 10.9 Å². The SMILES string of the molecule is O=C(NCC#Cc1cccc(C(F)(F)F)c1)c1nn(-c2ccccc2)c(=O)c2ccccc12. The van der Waals surface area contributed by atoms with E-state index in [1.807, 2.05) is 0 Å². The normalized spacial score (nSPS) is 11.0. The predicted molar refractivity (Wildman–Crippen MR) is 118 cm³/mol. The summed E-state index contributed by atoms with van der Waals surface area (Å²) in [6.45, 7) is -0.116. The molecule has 8 heteroatoms. The van der Waals surface area contributed by atoms with Crippen molar-refractivity contribution >= 4 is 16.7 Å². The lowest BCUT2D eigenvalue weighted by Gasteiger charge is -2.10. The van der Waals surface area contributed by atoms with E-state index in [1.165, 1.54) is 12.1 Å². The van der Waals surface area contributed by atoms with Crippen LogP contribution in [-0.4, -0.2) is 22.2 Å². The Morgan fingerprint density at radius 1 is 0.939 bits per heavy atom. The number of alkyl halides is 3. The fourth-order valence-corrected chi connectivity index (χ4v) is 3.23. The van der Waals surface area contributed by atoms with Crippen LogP contribution in [0, 0.1) is 11.8 Å². The smallest absolute Gasteiger partial charge is 0.340 e. The standard InChI is InChI=1S/C25H16F3N3O2/c26-25(27,28)18-10-6-8-17(16-18)9-7-15-29-23(32)22-20-13-4-5-14-21(20)24(33)31(30-22)19-11-2-1-3-12-19/h1-6,8,10-14,16H,15H2,(H,29,32). The number of rotatable bonds is 3. The summed E-state index contributed by atoms with van der Waals surface area (Å²) in [6, 6.07) is 20.0. The Hall–Kier alpha value is -4.38. The number of carbonyl (C=O) groups excluding carboxylic acids is 1. The first kappa shape index (κ1) is 21.8. The lowest BCUT2D eigenvalue weighted by Crippen LogP contribution is -2.30. The topological polar surface area (TPSA) is 64.0 Å². The predicted octanol–water partition coefficient (Wildman–Crippen LogP) is 4.19. The molecule has 164 valence electrons. The molecule has 0 atom stereocenters. The van der Waals surface area contributed by atoms with Crippen molar-refractivity contribution in [1.29, 1.82) is 0 Å². The molecule has 0 fully saturated rings. The highest BCUT2D eigenvalue weighted by atomic mass is 19.4. The molecule has 0 saturated carbocycles. The quantitative estimate of drug-likeness (QED) is 0.479. The van der Waals surface area contributed by atoms with Crippen LogP contribution in [0.25, 0.3) is 16.5 Å². The second-order valence-electron chi connectivity index (χ2n) is 7.01. The van der Waals surface area contributed by atoms with Gasteiger partial charge in [0.05, 0.1) is 23.2 Å². The van der Waals surface area contributed by atoms with E-state index in [0.29, 0.717) is 16.5 Å². The average Bonchev–Trinajstić information content (AvgIpc) is 2.82. The molecule has 1 amide bonds. The molecule has 0 bridgehead atoms. The number of nitrogens with zero attached hydrogens (tertiary/aromatic N) is 2. The number of fused-ring (bicyclic) bond motifs is 1. The van der Waals surface area contributed by atoms with Gasteiger partial charge in [0.2, 0.25) is 0 Å². The summed E-state index contributed by atoms with van der Waals surface area (Å²) in [7, 11) is 0. The van der Waals surface area contributed by atoms with E-state index in [2.05, 4.69) is 22.3 Å². The molecule has 0 spiro atoms. The van der Waals surface area contributed by atoms with Gasteiger partial charge in [-0.25, -0.2) is 0 Å². The first-order valence-corrected chi connectivity index (χ1v) is 9.86. The van der Waals surface area contributed by atoms with Crippen LogP contribution in [-0.2, 0) is 6.18 Å². The van der Waals surface area contributed by atoms with Crippen LogP contribution in [0.1, 0.15) is 21.6 Å². The molecule has 0 saturated heterocycles. The van der Waals surface area contributed by atoms with Gasteiger partial charge in [-0.2, -0.15) is 23.0 Å². The maximum absolute atomic E-state index is 12.9. The fraction of sp³-hybridized carbons (Fsp3) is 0.0800. The molecular formula is C25H16F3N3O2. The van der Waals surface area contributed by atoms with Gasteiger partial charge in [-0.1, -0.05) is 54.3 Å². The molecule has 5 nitrogen and oxygen atoms in total. The van der Waals surface area contributed by atoms with Crippen LogP contribution in [0.4, 0.5) is 13.2 Å². The molecule has 4 rings (SSSR count). The maximum atomic E-state index is 12.9. The monoisotopic (exact) mass is 447 g/mol. The van der Waals surface area contributed by atoms with Crippen LogP contribution in [0.3, 0.4) is 0 Å². The van der Waals surface area contributed by atoms with E-state index in [0.717, 1.165) is 16.8 Å². The van der Waals surface area contributed by atoms with E-state index in [4.69, 9.17) is 0 Å². The van der Waals surface area contributed by atoms with Gasteiger partial charge in [-0.3, -0.25) is 9.59 Å². The zero-order valence-corrected chi connectivity index (χ0v) is 17.1. The van der Waals surface area contributed by atoms with Gasteiger partial charge in [-0.05, 0) is 36.4 Å². The number of nitrogens with one attached hydrogen (secondary N) is 1. The van der Waals surface area contributed by atoms with Crippen molar-refractivity contribution in [2.24, 2.45) is 0 Å². The second-order valence-corrected chi connectivity index (χ2v) is 7.01. The molecule has 0 aliphatic heterocycles.